The first kappa shape index (κ1) is 24.6. The van der Waals surface area contributed by atoms with Crippen LogP contribution in [0.2, 0.25) is 0 Å². The molecular formula is C25H31N3O4S. The maximum atomic E-state index is 13.1. The fourth-order valence-electron chi connectivity index (χ4n) is 3.13. The summed E-state index contributed by atoms with van der Waals surface area (Å²) in [6.07, 6.45) is 1.83. The SMILES string of the molecule is CCCOc1ccc(C(C)NC(=O)c2ccccc2SCc2noc(C)n2)cc1OCCC. The molecule has 33 heavy (non-hydrogen) atoms. The molecule has 3 rings (SSSR count). The van der Waals surface area contributed by atoms with Crippen LogP contribution in [0, 0.1) is 6.92 Å². The van der Waals surface area contributed by atoms with E-state index in [-0.39, 0.29) is 11.9 Å². The summed E-state index contributed by atoms with van der Waals surface area (Å²) in [7, 11) is 0. The Bertz CT molecular complexity index is 1050. The van der Waals surface area contributed by atoms with Crippen LogP contribution >= 0.6 is 11.8 Å². The van der Waals surface area contributed by atoms with Crippen LogP contribution in [0.4, 0.5) is 0 Å². The van der Waals surface area contributed by atoms with E-state index in [1.165, 1.54) is 11.8 Å². The lowest BCUT2D eigenvalue weighted by atomic mass is 10.1. The maximum Gasteiger partial charge on any atom is 0.252 e. The lowest BCUT2D eigenvalue weighted by Crippen LogP contribution is -2.27. The van der Waals surface area contributed by atoms with Gasteiger partial charge in [-0.3, -0.25) is 4.79 Å². The van der Waals surface area contributed by atoms with Crippen molar-refractivity contribution in [3.8, 4) is 11.5 Å². The Morgan fingerprint density at radius 1 is 1.09 bits per heavy atom. The highest BCUT2D eigenvalue weighted by molar-refractivity contribution is 7.98. The van der Waals surface area contributed by atoms with E-state index in [4.69, 9.17) is 14.0 Å². The number of amides is 1. The Morgan fingerprint density at radius 3 is 2.52 bits per heavy atom. The number of benzene rings is 2. The fourth-order valence-corrected chi connectivity index (χ4v) is 4.02. The van der Waals surface area contributed by atoms with E-state index in [2.05, 4.69) is 29.3 Å². The minimum absolute atomic E-state index is 0.141. The molecule has 0 spiro atoms. The lowest BCUT2D eigenvalue weighted by molar-refractivity contribution is 0.0937. The molecule has 176 valence electrons. The average Bonchev–Trinajstić information content (AvgIpc) is 3.25. The number of rotatable bonds is 12. The van der Waals surface area contributed by atoms with Crippen LogP contribution in [0.15, 0.2) is 51.9 Å². The van der Waals surface area contributed by atoms with Gasteiger partial charge < -0.3 is 19.3 Å². The molecule has 1 amide bonds. The van der Waals surface area contributed by atoms with Crippen LogP contribution in [0.1, 0.15) is 67.3 Å². The number of hydrogen-bond acceptors (Lipinski definition) is 7. The summed E-state index contributed by atoms with van der Waals surface area (Å²) in [6, 6.07) is 13.1. The molecule has 0 aliphatic heterocycles. The van der Waals surface area contributed by atoms with Crippen molar-refractivity contribution < 1.29 is 18.8 Å². The van der Waals surface area contributed by atoms with E-state index in [0.717, 1.165) is 29.1 Å². The topological polar surface area (TPSA) is 86.5 Å². The van der Waals surface area contributed by atoms with Gasteiger partial charge in [0.2, 0.25) is 5.89 Å². The number of carbonyl (C=O) groups excluding carboxylic acids is 1. The number of aryl methyl sites for hydroxylation is 1. The normalized spacial score (nSPS) is 11.8. The predicted molar refractivity (Wildman–Crippen MR) is 129 cm³/mol. The molecule has 3 aromatic rings. The number of ether oxygens (including phenoxy) is 2. The van der Waals surface area contributed by atoms with Gasteiger partial charge in [-0.25, -0.2) is 0 Å². The number of nitrogens with one attached hydrogen (secondary N) is 1. The number of carbonyl (C=O) groups is 1. The molecular weight excluding hydrogens is 438 g/mol. The summed E-state index contributed by atoms with van der Waals surface area (Å²) in [6.45, 7) is 9.09. The van der Waals surface area contributed by atoms with Gasteiger partial charge >= 0.3 is 0 Å². The lowest BCUT2D eigenvalue weighted by Gasteiger charge is -2.18. The third-order valence-corrected chi connectivity index (χ3v) is 5.87. The Kier molecular flexibility index (Phi) is 9.18. The Hall–Kier alpha value is -3.00. The summed E-state index contributed by atoms with van der Waals surface area (Å²) < 4.78 is 16.7. The molecule has 1 unspecified atom stereocenters. The monoisotopic (exact) mass is 469 g/mol. The molecule has 0 saturated carbocycles. The van der Waals surface area contributed by atoms with Crippen molar-refractivity contribution in [1.29, 1.82) is 0 Å². The summed E-state index contributed by atoms with van der Waals surface area (Å²) >= 11 is 1.50. The van der Waals surface area contributed by atoms with Gasteiger partial charge in [-0.05, 0) is 49.6 Å². The van der Waals surface area contributed by atoms with Crippen molar-refractivity contribution in [2.24, 2.45) is 0 Å². The first-order valence-corrected chi connectivity index (χ1v) is 12.2. The fraction of sp³-hybridized carbons (Fsp3) is 0.400. The highest BCUT2D eigenvalue weighted by atomic mass is 32.2. The molecule has 0 aliphatic rings. The Balaban J connectivity index is 1.71. The number of nitrogens with zero attached hydrogens (tertiary/aromatic N) is 2. The molecule has 0 radical (unpaired) electrons. The molecule has 8 heteroatoms. The first-order valence-electron chi connectivity index (χ1n) is 11.2. The highest BCUT2D eigenvalue weighted by Gasteiger charge is 2.17. The second kappa shape index (κ2) is 12.3. The Morgan fingerprint density at radius 2 is 1.82 bits per heavy atom. The minimum atomic E-state index is -0.209. The number of aromatic nitrogens is 2. The molecule has 1 aromatic heterocycles. The highest BCUT2D eigenvalue weighted by Crippen LogP contribution is 2.31. The van der Waals surface area contributed by atoms with Gasteiger partial charge in [0.05, 0.1) is 30.6 Å². The van der Waals surface area contributed by atoms with Gasteiger partial charge in [0.1, 0.15) is 0 Å². The smallest absolute Gasteiger partial charge is 0.252 e. The zero-order valence-electron chi connectivity index (χ0n) is 19.6. The van der Waals surface area contributed by atoms with Crippen LogP contribution in [0.3, 0.4) is 0 Å². The molecule has 0 fully saturated rings. The first-order chi connectivity index (χ1) is 16.0. The summed E-state index contributed by atoms with van der Waals surface area (Å²) in [5, 5.41) is 7.02. The third kappa shape index (κ3) is 6.99. The zero-order chi connectivity index (χ0) is 23.6. The van der Waals surface area contributed by atoms with Crippen molar-refractivity contribution in [1.82, 2.24) is 15.5 Å². The maximum absolute atomic E-state index is 13.1. The van der Waals surface area contributed by atoms with Gasteiger partial charge in [-0.1, -0.05) is 37.2 Å². The second-order valence-electron chi connectivity index (χ2n) is 7.61. The van der Waals surface area contributed by atoms with Crippen LogP contribution in [0.5, 0.6) is 11.5 Å². The number of hydrogen-bond donors (Lipinski definition) is 1. The molecule has 7 nitrogen and oxygen atoms in total. The second-order valence-corrected chi connectivity index (χ2v) is 8.63. The Labute approximate surface area is 199 Å². The van der Waals surface area contributed by atoms with Gasteiger partial charge in [-0.15, -0.1) is 11.8 Å². The van der Waals surface area contributed by atoms with Crippen LogP contribution in [0.25, 0.3) is 0 Å². The van der Waals surface area contributed by atoms with Crippen molar-refractivity contribution >= 4 is 17.7 Å². The van der Waals surface area contributed by atoms with Crippen molar-refractivity contribution in [2.45, 2.75) is 57.2 Å². The van der Waals surface area contributed by atoms with E-state index in [1.54, 1.807) is 6.92 Å². The molecule has 0 saturated heterocycles. The van der Waals surface area contributed by atoms with Crippen molar-refractivity contribution in [3.05, 3.63) is 65.3 Å². The van der Waals surface area contributed by atoms with Crippen LogP contribution in [-0.4, -0.2) is 29.3 Å². The van der Waals surface area contributed by atoms with Crippen LogP contribution < -0.4 is 14.8 Å². The van der Waals surface area contributed by atoms with E-state index < -0.39 is 0 Å². The van der Waals surface area contributed by atoms with Gasteiger partial charge in [0, 0.05) is 11.8 Å². The summed E-state index contributed by atoms with van der Waals surface area (Å²) in [5.74, 6) is 2.94. The van der Waals surface area contributed by atoms with Gasteiger partial charge in [0.15, 0.2) is 17.3 Å². The predicted octanol–water partition coefficient (Wildman–Crippen LogP) is 5.74. The third-order valence-electron chi connectivity index (χ3n) is 4.80. The molecule has 1 atom stereocenters. The van der Waals surface area contributed by atoms with Gasteiger partial charge in [-0.2, -0.15) is 4.98 Å². The zero-order valence-corrected chi connectivity index (χ0v) is 20.4. The van der Waals surface area contributed by atoms with E-state index in [9.17, 15) is 4.79 Å². The largest absolute Gasteiger partial charge is 0.490 e. The molecule has 0 bridgehead atoms. The van der Waals surface area contributed by atoms with Crippen molar-refractivity contribution in [2.75, 3.05) is 13.2 Å². The molecule has 1 N–H and O–H groups in total. The van der Waals surface area contributed by atoms with Crippen LogP contribution in [-0.2, 0) is 5.75 Å². The van der Waals surface area contributed by atoms with E-state index in [0.29, 0.717) is 42.0 Å². The van der Waals surface area contributed by atoms with E-state index in [1.807, 2.05) is 49.4 Å². The standard InChI is InChI=1S/C25H31N3O4S/c1-5-13-30-21-12-11-19(15-22(21)31-14-6-2)17(3)26-25(29)20-9-7-8-10-23(20)33-16-24-27-18(4)32-28-24/h7-12,15,17H,5-6,13-14,16H2,1-4H3,(H,26,29). The quantitative estimate of drug-likeness (QED) is 0.339. The van der Waals surface area contributed by atoms with Gasteiger partial charge in [0.25, 0.3) is 5.91 Å². The summed E-state index contributed by atoms with van der Waals surface area (Å²) in [4.78, 5) is 18.2. The molecule has 0 aliphatic carbocycles. The van der Waals surface area contributed by atoms with E-state index >= 15 is 0 Å². The van der Waals surface area contributed by atoms with Crippen molar-refractivity contribution in [3.63, 3.8) is 0 Å². The minimum Gasteiger partial charge on any atom is -0.490 e. The summed E-state index contributed by atoms with van der Waals surface area (Å²) in [5.41, 5.74) is 1.56. The average molecular weight is 470 g/mol. The molecule has 1 heterocycles. The molecule has 2 aromatic carbocycles. The number of thioether (sulfide) groups is 1.